The lowest BCUT2D eigenvalue weighted by Crippen LogP contribution is -2.24. The Balaban J connectivity index is 2.41. The largest absolute Gasteiger partial charge is 0.263 e. The van der Waals surface area contributed by atoms with Crippen molar-refractivity contribution in [2.75, 3.05) is 11.9 Å². The van der Waals surface area contributed by atoms with Crippen LogP contribution in [0.2, 0.25) is 0 Å². The standard InChI is InChI=1S/C10H15BrN2O2S/c11-6-2-1-3-8-13-16(14,15)10-5-4-7-12-9-10/h4-5,7,9,13H,1-3,6,8H2. The third-order valence-corrected chi connectivity index (χ3v) is 4.05. The number of halogens is 1. The van der Waals surface area contributed by atoms with Gasteiger partial charge in [0.1, 0.15) is 4.90 Å². The highest BCUT2D eigenvalue weighted by atomic mass is 79.9. The summed E-state index contributed by atoms with van der Waals surface area (Å²) in [6.07, 6.45) is 5.83. The number of aromatic nitrogens is 1. The fraction of sp³-hybridized carbons (Fsp3) is 0.500. The van der Waals surface area contributed by atoms with E-state index in [9.17, 15) is 8.42 Å². The molecule has 1 heterocycles. The van der Waals surface area contributed by atoms with Crippen molar-refractivity contribution < 1.29 is 8.42 Å². The van der Waals surface area contributed by atoms with Crippen molar-refractivity contribution in [3.8, 4) is 0 Å². The maximum atomic E-state index is 11.7. The summed E-state index contributed by atoms with van der Waals surface area (Å²) in [4.78, 5) is 4.00. The molecule has 4 nitrogen and oxygen atoms in total. The van der Waals surface area contributed by atoms with Crippen LogP contribution in [0.25, 0.3) is 0 Å². The Morgan fingerprint density at radius 2 is 2.12 bits per heavy atom. The molecule has 0 atom stereocenters. The minimum Gasteiger partial charge on any atom is -0.263 e. The van der Waals surface area contributed by atoms with Crippen LogP contribution in [0.5, 0.6) is 0 Å². The second-order valence-corrected chi connectivity index (χ2v) is 5.90. The molecule has 0 amide bonds. The van der Waals surface area contributed by atoms with E-state index in [4.69, 9.17) is 0 Å². The average Bonchev–Trinajstić information content (AvgIpc) is 2.30. The number of unbranched alkanes of at least 4 members (excludes halogenated alkanes) is 2. The summed E-state index contributed by atoms with van der Waals surface area (Å²) in [6, 6.07) is 3.15. The summed E-state index contributed by atoms with van der Waals surface area (Å²) in [5.41, 5.74) is 0. The quantitative estimate of drug-likeness (QED) is 0.618. The van der Waals surface area contributed by atoms with Gasteiger partial charge in [-0.05, 0) is 25.0 Å². The van der Waals surface area contributed by atoms with Crippen LogP contribution in [-0.2, 0) is 10.0 Å². The van der Waals surface area contributed by atoms with E-state index in [0.717, 1.165) is 24.6 Å². The number of alkyl halides is 1. The van der Waals surface area contributed by atoms with Gasteiger partial charge in [-0.3, -0.25) is 4.98 Å². The van der Waals surface area contributed by atoms with E-state index in [2.05, 4.69) is 25.6 Å². The zero-order chi connectivity index (χ0) is 11.9. The van der Waals surface area contributed by atoms with Gasteiger partial charge >= 0.3 is 0 Å². The number of nitrogens with zero attached hydrogens (tertiary/aromatic N) is 1. The summed E-state index contributed by atoms with van der Waals surface area (Å²) in [5, 5.41) is 0.961. The third-order valence-electron chi connectivity index (χ3n) is 2.05. The van der Waals surface area contributed by atoms with Crippen LogP contribution in [0.1, 0.15) is 19.3 Å². The molecule has 0 aliphatic rings. The minimum atomic E-state index is -3.37. The number of sulfonamides is 1. The lowest BCUT2D eigenvalue weighted by molar-refractivity contribution is 0.576. The zero-order valence-corrected chi connectivity index (χ0v) is 11.3. The first-order valence-electron chi connectivity index (χ1n) is 5.12. The van der Waals surface area contributed by atoms with Crippen LogP contribution in [-0.4, -0.2) is 25.3 Å². The average molecular weight is 307 g/mol. The van der Waals surface area contributed by atoms with Crippen molar-refractivity contribution in [1.29, 1.82) is 0 Å². The minimum absolute atomic E-state index is 0.218. The Bertz CT molecular complexity index is 395. The first-order chi connectivity index (χ1) is 7.67. The lowest BCUT2D eigenvalue weighted by atomic mass is 10.3. The van der Waals surface area contributed by atoms with Crippen LogP contribution >= 0.6 is 15.9 Å². The normalized spacial score (nSPS) is 11.6. The van der Waals surface area contributed by atoms with Crippen molar-refractivity contribution in [2.24, 2.45) is 0 Å². The van der Waals surface area contributed by atoms with Crippen molar-refractivity contribution in [3.05, 3.63) is 24.5 Å². The monoisotopic (exact) mass is 306 g/mol. The van der Waals surface area contributed by atoms with E-state index < -0.39 is 10.0 Å². The molecule has 0 unspecified atom stereocenters. The molecule has 6 heteroatoms. The second-order valence-electron chi connectivity index (χ2n) is 3.34. The van der Waals surface area contributed by atoms with Crippen LogP contribution in [0, 0.1) is 0 Å². The Hall–Kier alpha value is -0.460. The SMILES string of the molecule is O=S(=O)(NCCCCCBr)c1cccnc1. The molecule has 0 aromatic carbocycles. The van der Waals surface area contributed by atoms with Crippen LogP contribution < -0.4 is 4.72 Å². The summed E-state index contributed by atoms with van der Waals surface area (Å²) < 4.78 is 26.0. The fourth-order valence-electron chi connectivity index (χ4n) is 1.19. The molecule has 1 N–H and O–H groups in total. The van der Waals surface area contributed by atoms with Gasteiger partial charge in [-0.15, -0.1) is 0 Å². The predicted molar refractivity (Wildman–Crippen MR) is 67.1 cm³/mol. The number of nitrogens with one attached hydrogen (secondary N) is 1. The molecule has 0 aliphatic heterocycles. The molecular weight excluding hydrogens is 292 g/mol. The fourth-order valence-corrected chi connectivity index (χ4v) is 2.63. The lowest BCUT2D eigenvalue weighted by Gasteiger charge is -2.05. The summed E-state index contributed by atoms with van der Waals surface area (Å²) in [5.74, 6) is 0. The predicted octanol–water partition coefficient (Wildman–Crippen LogP) is 1.93. The van der Waals surface area contributed by atoms with E-state index in [0.29, 0.717) is 6.54 Å². The van der Waals surface area contributed by atoms with E-state index in [1.807, 2.05) is 0 Å². The van der Waals surface area contributed by atoms with Crippen LogP contribution in [0.4, 0.5) is 0 Å². The number of hydrogen-bond acceptors (Lipinski definition) is 3. The molecule has 1 aromatic rings. The second kappa shape index (κ2) is 6.98. The highest BCUT2D eigenvalue weighted by Crippen LogP contribution is 2.05. The molecule has 0 radical (unpaired) electrons. The highest BCUT2D eigenvalue weighted by Gasteiger charge is 2.12. The molecule has 90 valence electrons. The molecule has 0 spiro atoms. The van der Waals surface area contributed by atoms with Gasteiger partial charge in [0, 0.05) is 24.3 Å². The molecule has 0 fully saturated rings. The van der Waals surface area contributed by atoms with Gasteiger partial charge in [0.25, 0.3) is 0 Å². The molecular formula is C10H15BrN2O2S. The van der Waals surface area contributed by atoms with Gasteiger partial charge in [0.05, 0.1) is 0 Å². The van der Waals surface area contributed by atoms with Gasteiger partial charge in [-0.1, -0.05) is 22.4 Å². The smallest absolute Gasteiger partial charge is 0.242 e. The zero-order valence-electron chi connectivity index (χ0n) is 8.89. The Morgan fingerprint density at radius 3 is 2.75 bits per heavy atom. The molecule has 1 rings (SSSR count). The van der Waals surface area contributed by atoms with E-state index in [-0.39, 0.29) is 4.90 Å². The maximum Gasteiger partial charge on any atom is 0.242 e. The highest BCUT2D eigenvalue weighted by molar-refractivity contribution is 9.09. The van der Waals surface area contributed by atoms with E-state index in [1.165, 1.54) is 12.3 Å². The van der Waals surface area contributed by atoms with E-state index in [1.54, 1.807) is 12.3 Å². The summed E-state index contributed by atoms with van der Waals surface area (Å²) in [7, 11) is -3.37. The van der Waals surface area contributed by atoms with Crippen molar-refractivity contribution in [1.82, 2.24) is 9.71 Å². The molecule has 0 saturated heterocycles. The number of pyridine rings is 1. The van der Waals surface area contributed by atoms with Gasteiger partial charge in [0.15, 0.2) is 0 Å². The molecule has 1 aromatic heterocycles. The summed E-state index contributed by atoms with van der Waals surface area (Å²) >= 11 is 3.33. The Labute approximate surface area is 105 Å². The van der Waals surface area contributed by atoms with Crippen LogP contribution in [0.15, 0.2) is 29.4 Å². The Kier molecular flexibility index (Phi) is 5.94. The molecule has 0 aliphatic carbocycles. The third kappa shape index (κ3) is 4.59. The molecule has 16 heavy (non-hydrogen) atoms. The maximum absolute atomic E-state index is 11.7. The topological polar surface area (TPSA) is 59.1 Å². The van der Waals surface area contributed by atoms with Gasteiger partial charge in [-0.25, -0.2) is 13.1 Å². The molecule has 0 bridgehead atoms. The van der Waals surface area contributed by atoms with Gasteiger partial charge in [0.2, 0.25) is 10.0 Å². The Morgan fingerprint density at radius 1 is 1.31 bits per heavy atom. The summed E-state index contributed by atoms with van der Waals surface area (Å²) in [6.45, 7) is 0.476. The first kappa shape index (κ1) is 13.6. The van der Waals surface area contributed by atoms with Crippen molar-refractivity contribution >= 4 is 26.0 Å². The molecule has 0 saturated carbocycles. The van der Waals surface area contributed by atoms with Gasteiger partial charge in [-0.2, -0.15) is 0 Å². The first-order valence-corrected chi connectivity index (χ1v) is 7.73. The number of rotatable bonds is 7. The van der Waals surface area contributed by atoms with E-state index >= 15 is 0 Å². The van der Waals surface area contributed by atoms with Crippen molar-refractivity contribution in [2.45, 2.75) is 24.2 Å². The van der Waals surface area contributed by atoms with Gasteiger partial charge < -0.3 is 0 Å². The van der Waals surface area contributed by atoms with Crippen LogP contribution in [0.3, 0.4) is 0 Å². The van der Waals surface area contributed by atoms with Crippen molar-refractivity contribution in [3.63, 3.8) is 0 Å². The number of hydrogen-bond donors (Lipinski definition) is 1.